The Hall–Kier alpha value is -0.470. The van der Waals surface area contributed by atoms with Crippen LogP contribution >= 0.6 is 11.8 Å². The maximum atomic E-state index is 13.9. The summed E-state index contributed by atoms with van der Waals surface area (Å²) in [7, 11) is 0. The van der Waals surface area contributed by atoms with Crippen molar-refractivity contribution in [2.45, 2.75) is 57.0 Å². The molecule has 1 amide bonds. The monoisotopic (exact) mass is 340 g/mol. The first kappa shape index (κ1) is 17.9. The number of nitrogens with zero attached hydrogens (tertiary/aromatic N) is 2. The summed E-state index contributed by atoms with van der Waals surface area (Å²) in [6.45, 7) is 4.89. The van der Waals surface area contributed by atoms with Crippen LogP contribution in [0.1, 0.15) is 33.6 Å². The van der Waals surface area contributed by atoms with E-state index in [2.05, 4.69) is 0 Å². The fourth-order valence-electron chi connectivity index (χ4n) is 3.20. The number of rotatable bonds is 3. The number of β-amino-alcohol motifs (C(OH)–C–C–N with tert-alkyl or cyclic N) is 1. The molecule has 0 saturated carbocycles. The first-order valence-electron chi connectivity index (χ1n) is 7.42. The van der Waals surface area contributed by atoms with Crippen molar-refractivity contribution < 1.29 is 23.1 Å². The molecule has 2 saturated heterocycles. The summed E-state index contributed by atoms with van der Waals surface area (Å²) >= 11 is 1.09. The standard InChI is InChI=1S/C14H23F3N2O2S/c1-10-5-4-6-19(10)11(20)13(14(15,16)17)8-22-9-18(13)7-12(2,3)21/h10,21H,4-9H2,1-3H3. The zero-order valence-corrected chi connectivity index (χ0v) is 13.9. The lowest BCUT2D eigenvalue weighted by atomic mass is 9.94. The van der Waals surface area contributed by atoms with Gasteiger partial charge in [-0.15, -0.1) is 11.8 Å². The van der Waals surface area contributed by atoms with Gasteiger partial charge >= 0.3 is 6.18 Å². The van der Waals surface area contributed by atoms with Crippen LogP contribution < -0.4 is 0 Å². The van der Waals surface area contributed by atoms with Crippen molar-refractivity contribution in [3.05, 3.63) is 0 Å². The second kappa shape index (κ2) is 5.87. The number of hydrogen-bond donors (Lipinski definition) is 1. The Bertz CT molecular complexity index is 439. The van der Waals surface area contributed by atoms with Crippen molar-refractivity contribution in [2.24, 2.45) is 0 Å². The van der Waals surface area contributed by atoms with Gasteiger partial charge in [-0.25, -0.2) is 0 Å². The number of thioether (sulfide) groups is 1. The molecule has 1 N–H and O–H groups in total. The van der Waals surface area contributed by atoms with E-state index in [4.69, 9.17) is 0 Å². The minimum atomic E-state index is -4.67. The van der Waals surface area contributed by atoms with Crippen LogP contribution in [0.2, 0.25) is 0 Å². The molecule has 2 heterocycles. The highest BCUT2D eigenvalue weighted by molar-refractivity contribution is 7.99. The van der Waals surface area contributed by atoms with Crippen LogP contribution in [0.4, 0.5) is 13.2 Å². The SMILES string of the molecule is CC1CCCN1C(=O)C1(C(F)(F)F)CSCN1CC(C)(C)O. The van der Waals surface area contributed by atoms with Gasteiger partial charge in [-0.2, -0.15) is 13.2 Å². The third-order valence-corrected chi connectivity index (χ3v) is 5.43. The lowest BCUT2D eigenvalue weighted by Gasteiger charge is -2.42. The van der Waals surface area contributed by atoms with Crippen molar-refractivity contribution in [3.8, 4) is 0 Å². The molecule has 2 aliphatic heterocycles. The van der Waals surface area contributed by atoms with E-state index in [1.165, 1.54) is 18.7 Å². The van der Waals surface area contributed by atoms with Gasteiger partial charge in [-0.3, -0.25) is 9.69 Å². The predicted octanol–water partition coefficient (Wildman–Crippen LogP) is 2.08. The zero-order chi connectivity index (χ0) is 16.8. The van der Waals surface area contributed by atoms with E-state index in [1.54, 1.807) is 6.92 Å². The molecule has 22 heavy (non-hydrogen) atoms. The molecular formula is C14H23F3N2O2S. The van der Waals surface area contributed by atoms with E-state index < -0.39 is 23.2 Å². The molecular weight excluding hydrogens is 317 g/mol. The summed E-state index contributed by atoms with van der Waals surface area (Å²) in [5.41, 5.74) is -3.81. The van der Waals surface area contributed by atoms with E-state index in [0.29, 0.717) is 6.54 Å². The van der Waals surface area contributed by atoms with E-state index in [0.717, 1.165) is 29.5 Å². The number of carbonyl (C=O) groups excluding carboxylic acids is 1. The van der Waals surface area contributed by atoms with Crippen molar-refractivity contribution in [1.82, 2.24) is 9.80 Å². The van der Waals surface area contributed by atoms with Gasteiger partial charge in [0, 0.05) is 30.8 Å². The molecule has 2 unspecified atom stereocenters. The van der Waals surface area contributed by atoms with Gasteiger partial charge in [0.1, 0.15) is 0 Å². The highest BCUT2D eigenvalue weighted by atomic mass is 32.2. The average Bonchev–Trinajstić information content (AvgIpc) is 2.92. The number of carbonyl (C=O) groups is 1. The number of aliphatic hydroxyl groups is 1. The molecule has 2 fully saturated rings. The maximum Gasteiger partial charge on any atom is 0.416 e. The Balaban J connectivity index is 2.37. The Morgan fingerprint density at radius 3 is 2.50 bits per heavy atom. The molecule has 0 radical (unpaired) electrons. The summed E-state index contributed by atoms with van der Waals surface area (Å²) in [6.07, 6.45) is -3.20. The van der Waals surface area contributed by atoms with Crippen molar-refractivity contribution in [1.29, 1.82) is 0 Å². The van der Waals surface area contributed by atoms with E-state index in [9.17, 15) is 23.1 Å². The smallest absolute Gasteiger partial charge is 0.389 e. The molecule has 2 atom stereocenters. The van der Waals surface area contributed by atoms with Gasteiger partial charge in [-0.05, 0) is 33.6 Å². The average molecular weight is 340 g/mol. The van der Waals surface area contributed by atoms with Gasteiger partial charge in [-0.1, -0.05) is 0 Å². The van der Waals surface area contributed by atoms with Gasteiger partial charge in [0.15, 0.2) is 0 Å². The summed E-state index contributed by atoms with van der Waals surface area (Å²) in [5.74, 6) is -1.08. The van der Waals surface area contributed by atoms with Gasteiger partial charge in [0.25, 0.3) is 5.91 Å². The zero-order valence-electron chi connectivity index (χ0n) is 13.1. The lowest BCUT2D eigenvalue weighted by molar-refractivity contribution is -0.226. The normalized spacial score (nSPS) is 31.0. The van der Waals surface area contributed by atoms with E-state index in [1.807, 2.05) is 0 Å². The molecule has 8 heteroatoms. The summed E-state index contributed by atoms with van der Waals surface area (Å²) in [6, 6.07) is -0.165. The third kappa shape index (κ3) is 3.10. The number of halogens is 3. The fourth-order valence-corrected chi connectivity index (χ4v) is 4.59. The Morgan fingerprint density at radius 1 is 1.41 bits per heavy atom. The Labute approximate surface area is 133 Å². The van der Waals surface area contributed by atoms with E-state index >= 15 is 0 Å². The second-order valence-electron chi connectivity index (χ2n) is 6.84. The van der Waals surface area contributed by atoms with Crippen LogP contribution in [0.25, 0.3) is 0 Å². The maximum absolute atomic E-state index is 13.9. The van der Waals surface area contributed by atoms with E-state index in [-0.39, 0.29) is 24.2 Å². The first-order chi connectivity index (χ1) is 9.99. The number of alkyl halides is 3. The summed E-state index contributed by atoms with van der Waals surface area (Å²) < 4.78 is 41.7. The molecule has 0 bridgehead atoms. The molecule has 2 rings (SSSR count). The molecule has 4 nitrogen and oxygen atoms in total. The van der Waals surface area contributed by atoms with Crippen molar-refractivity contribution >= 4 is 17.7 Å². The summed E-state index contributed by atoms with van der Waals surface area (Å²) in [4.78, 5) is 15.3. The van der Waals surface area contributed by atoms with Crippen LogP contribution in [0, 0.1) is 0 Å². The van der Waals surface area contributed by atoms with Gasteiger partial charge in [0.05, 0.1) is 5.60 Å². The minimum absolute atomic E-state index is 0.0947. The van der Waals surface area contributed by atoms with Crippen LogP contribution in [-0.4, -0.2) is 68.9 Å². The molecule has 2 aliphatic rings. The highest BCUT2D eigenvalue weighted by Crippen LogP contribution is 2.46. The van der Waals surface area contributed by atoms with Crippen LogP contribution in [0.3, 0.4) is 0 Å². The molecule has 0 spiro atoms. The first-order valence-corrected chi connectivity index (χ1v) is 8.57. The largest absolute Gasteiger partial charge is 0.416 e. The summed E-state index contributed by atoms with van der Waals surface area (Å²) in [5, 5.41) is 9.93. The molecule has 0 aromatic heterocycles. The number of amides is 1. The Morgan fingerprint density at radius 2 is 2.05 bits per heavy atom. The third-order valence-electron chi connectivity index (χ3n) is 4.31. The second-order valence-corrected chi connectivity index (χ2v) is 7.79. The number of hydrogen-bond acceptors (Lipinski definition) is 4. The quantitative estimate of drug-likeness (QED) is 0.854. The topological polar surface area (TPSA) is 43.8 Å². The van der Waals surface area contributed by atoms with Crippen LogP contribution in [-0.2, 0) is 4.79 Å². The van der Waals surface area contributed by atoms with Gasteiger partial charge in [0.2, 0.25) is 5.54 Å². The van der Waals surface area contributed by atoms with Gasteiger partial charge < -0.3 is 10.0 Å². The minimum Gasteiger partial charge on any atom is -0.389 e. The number of likely N-dealkylation sites (tertiary alicyclic amines) is 1. The molecule has 0 aromatic rings. The lowest BCUT2D eigenvalue weighted by Crippen LogP contribution is -2.68. The molecule has 0 aromatic carbocycles. The van der Waals surface area contributed by atoms with Crippen LogP contribution in [0.5, 0.6) is 0 Å². The Kier molecular flexibility index (Phi) is 4.77. The molecule has 128 valence electrons. The predicted molar refractivity (Wildman–Crippen MR) is 79.5 cm³/mol. The van der Waals surface area contributed by atoms with Crippen molar-refractivity contribution in [3.63, 3.8) is 0 Å². The fraction of sp³-hybridized carbons (Fsp3) is 0.929. The van der Waals surface area contributed by atoms with Crippen molar-refractivity contribution in [2.75, 3.05) is 24.7 Å². The highest BCUT2D eigenvalue weighted by Gasteiger charge is 2.67. The molecule has 0 aliphatic carbocycles. The van der Waals surface area contributed by atoms with Crippen LogP contribution in [0.15, 0.2) is 0 Å².